The van der Waals surface area contributed by atoms with E-state index in [0.29, 0.717) is 17.9 Å². The van der Waals surface area contributed by atoms with Crippen LogP contribution in [0.4, 0.5) is 11.4 Å². The van der Waals surface area contributed by atoms with Gasteiger partial charge < -0.3 is 15.6 Å². The predicted octanol–water partition coefficient (Wildman–Crippen LogP) is 0.865. The van der Waals surface area contributed by atoms with Crippen LogP contribution in [0.25, 0.3) is 0 Å². The third-order valence-corrected chi connectivity index (χ3v) is 4.97. The van der Waals surface area contributed by atoms with Crippen LogP contribution in [0, 0.1) is 0 Å². The Morgan fingerprint density at radius 1 is 1.38 bits per heavy atom. The summed E-state index contributed by atoms with van der Waals surface area (Å²) < 4.78 is 27.1. The van der Waals surface area contributed by atoms with Gasteiger partial charge in [-0.25, -0.2) is 17.7 Å². The van der Waals surface area contributed by atoms with Crippen molar-refractivity contribution in [2.45, 2.75) is 11.4 Å². The number of nitrogen functional groups attached to an aromatic ring is 1. The summed E-state index contributed by atoms with van der Waals surface area (Å²) in [5, 5.41) is 3.15. The molecular formula is C13H19N5O2S. The summed E-state index contributed by atoms with van der Waals surface area (Å²) in [5.41, 5.74) is 6.98. The standard InChI is InChI=1S/C13H19N5O2S/c1-17(2)21(19,20)10-4-5-12(11(14)8-10)16-9-13-15-6-7-18(13)3/h4-8,16H,9,14H2,1-3H3. The van der Waals surface area contributed by atoms with Crippen molar-refractivity contribution < 1.29 is 8.42 Å². The zero-order valence-corrected chi connectivity index (χ0v) is 13.1. The molecule has 0 aliphatic heterocycles. The van der Waals surface area contributed by atoms with Crippen LogP contribution >= 0.6 is 0 Å². The molecule has 0 atom stereocenters. The molecule has 0 spiro atoms. The highest BCUT2D eigenvalue weighted by atomic mass is 32.2. The molecule has 21 heavy (non-hydrogen) atoms. The van der Waals surface area contributed by atoms with Crippen molar-refractivity contribution in [3.8, 4) is 0 Å². The molecule has 7 nitrogen and oxygen atoms in total. The van der Waals surface area contributed by atoms with Crippen molar-refractivity contribution in [2.24, 2.45) is 7.05 Å². The second-order valence-electron chi connectivity index (χ2n) is 4.84. The zero-order chi connectivity index (χ0) is 15.6. The minimum Gasteiger partial charge on any atom is -0.397 e. The van der Waals surface area contributed by atoms with E-state index in [0.717, 1.165) is 10.1 Å². The lowest BCUT2D eigenvalue weighted by Crippen LogP contribution is -2.22. The fourth-order valence-corrected chi connectivity index (χ4v) is 2.75. The van der Waals surface area contributed by atoms with E-state index >= 15 is 0 Å². The Morgan fingerprint density at radius 3 is 2.62 bits per heavy atom. The van der Waals surface area contributed by atoms with Crippen LogP contribution in [0.1, 0.15) is 5.82 Å². The highest BCUT2D eigenvalue weighted by Crippen LogP contribution is 2.24. The molecule has 8 heteroatoms. The minimum absolute atomic E-state index is 0.174. The Balaban J connectivity index is 2.19. The number of nitrogens with zero attached hydrogens (tertiary/aromatic N) is 3. The molecule has 0 unspecified atom stereocenters. The number of sulfonamides is 1. The van der Waals surface area contributed by atoms with E-state index in [2.05, 4.69) is 10.3 Å². The molecule has 0 fully saturated rings. The number of imidazole rings is 1. The van der Waals surface area contributed by atoms with E-state index in [1.165, 1.54) is 26.2 Å². The van der Waals surface area contributed by atoms with Crippen molar-refractivity contribution in [1.82, 2.24) is 13.9 Å². The Hall–Kier alpha value is -2.06. The van der Waals surface area contributed by atoms with Crippen LogP contribution < -0.4 is 11.1 Å². The van der Waals surface area contributed by atoms with Gasteiger partial charge in [0.15, 0.2) is 0 Å². The number of hydrogen-bond acceptors (Lipinski definition) is 5. The molecule has 3 N–H and O–H groups in total. The second-order valence-corrected chi connectivity index (χ2v) is 7.00. The average Bonchev–Trinajstić information content (AvgIpc) is 2.82. The number of anilines is 2. The quantitative estimate of drug-likeness (QED) is 0.799. The van der Waals surface area contributed by atoms with Gasteiger partial charge in [-0.15, -0.1) is 0 Å². The average molecular weight is 309 g/mol. The van der Waals surface area contributed by atoms with Crippen LogP contribution in [-0.4, -0.2) is 36.4 Å². The van der Waals surface area contributed by atoms with Gasteiger partial charge in [0.05, 0.1) is 22.8 Å². The minimum atomic E-state index is -3.47. The van der Waals surface area contributed by atoms with Gasteiger partial charge in [0.25, 0.3) is 0 Å². The Bertz CT molecular complexity index is 737. The molecule has 0 saturated carbocycles. The van der Waals surface area contributed by atoms with E-state index in [4.69, 9.17) is 5.73 Å². The second kappa shape index (κ2) is 5.74. The summed E-state index contributed by atoms with van der Waals surface area (Å²) in [6.45, 7) is 0.507. The largest absolute Gasteiger partial charge is 0.397 e. The highest BCUT2D eigenvalue weighted by molar-refractivity contribution is 7.89. The molecule has 2 rings (SSSR count). The molecule has 1 aromatic carbocycles. The molecule has 114 valence electrons. The molecule has 0 aliphatic carbocycles. The van der Waals surface area contributed by atoms with E-state index in [1.807, 2.05) is 17.8 Å². The van der Waals surface area contributed by atoms with Gasteiger partial charge in [-0.2, -0.15) is 0 Å². The maximum atomic E-state index is 12.0. The number of benzene rings is 1. The number of nitrogens with one attached hydrogen (secondary N) is 1. The van der Waals surface area contributed by atoms with E-state index in [1.54, 1.807) is 12.3 Å². The molecule has 1 heterocycles. The smallest absolute Gasteiger partial charge is 0.242 e. The third-order valence-electron chi connectivity index (χ3n) is 3.16. The van der Waals surface area contributed by atoms with Gasteiger partial charge in [0.2, 0.25) is 10.0 Å². The van der Waals surface area contributed by atoms with E-state index < -0.39 is 10.0 Å². The number of hydrogen-bond donors (Lipinski definition) is 2. The van der Waals surface area contributed by atoms with Crippen LogP contribution in [0.2, 0.25) is 0 Å². The summed E-state index contributed by atoms with van der Waals surface area (Å²) in [6, 6.07) is 4.65. The molecule has 0 saturated heterocycles. The van der Waals surface area contributed by atoms with Gasteiger partial charge in [0, 0.05) is 33.5 Å². The zero-order valence-electron chi connectivity index (χ0n) is 12.2. The third kappa shape index (κ3) is 3.17. The first-order valence-corrected chi connectivity index (χ1v) is 7.78. The normalized spacial score (nSPS) is 11.8. The SMILES string of the molecule is CN(C)S(=O)(=O)c1ccc(NCc2nccn2C)c(N)c1. The summed E-state index contributed by atoms with van der Waals surface area (Å²) in [4.78, 5) is 4.37. The van der Waals surface area contributed by atoms with Crippen molar-refractivity contribution in [3.63, 3.8) is 0 Å². The first-order valence-electron chi connectivity index (χ1n) is 6.34. The molecule has 0 aliphatic rings. The molecule has 1 aromatic heterocycles. The molecule has 0 radical (unpaired) electrons. The molecular weight excluding hydrogens is 290 g/mol. The van der Waals surface area contributed by atoms with Gasteiger partial charge in [-0.05, 0) is 18.2 Å². The van der Waals surface area contributed by atoms with Crippen molar-refractivity contribution in [3.05, 3.63) is 36.4 Å². The van der Waals surface area contributed by atoms with Crippen molar-refractivity contribution in [2.75, 3.05) is 25.1 Å². The topological polar surface area (TPSA) is 93.2 Å². The lowest BCUT2D eigenvalue weighted by molar-refractivity contribution is 0.521. The lowest BCUT2D eigenvalue weighted by atomic mass is 10.2. The fourth-order valence-electron chi connectivity index (χ4n) is 1.81. The number of aromatic nitrogens is 2. The number of rotatable bonds is 5. The van der Waals surface area contributed by atoms with Gasteiger partial charge in [-0.3, -0.25) is 0 Å². The Kier molecular flexibility index (Phi) is 4.19. The van der Waals surface area contributed by atoms with Gasteiger partial charge in [-0.1, -0.05) is 0 Å². The van der Waals surface area contributed by atoms with Crippen LogP contribution in [0.5, 0.6) is 0 Å². The first-order chi connectivity index (χ1) is 9.82. The van der Waals surface area contributed by atoms with Gasteiger partial charge >= 0.3 is 0 Å². The van der Waals surface area contributed by atoms with Gasteiger partial charge in [0.1, 0.15) is 5.82 Å². The van der Waals surface area contributed by atoms with Crippen molar-refractivity contribution in [1.29, 1.82) is 0 Å². The Labute approximate surface area is 124 Å². The van der Waals surface area contributed by atoms with E-state index in [-0.39, 0.29) is 4.90 Å². The maximum Gasteiger partial charge on any atom is 0.242 e. The van der Waals surface area contributed by atoms with Crippen LogP contribution in [0.15, 0.2) is 35.5 Å². The summed E-state index contributed by atoms with van der Waals surface area (Å²) in [7, 11) is 1.40. The monoisotopic (exact) mass is 309 g/mol. The van der Waals surface area contributed by atoms with Crippen LogP contribution in [0.3, 0.4) is 0 Å². The maximum absolute atomic E-state index is 12.0. The van der Waals surface area contributed by atoms with Crippen molar-refractivity contribution >= 4 is 21.4 Å². The lowest BCUT2D eigenvalue weighted by Gasteiger charge is -2.14. The number of nitrogens with two attached hydrogens (primary N) is 1. The predicted molar refractivity (Wildman–Crippen MR) is 82.3 cm³/mol. The summed E-state index contributed by atoms with van der Waals surface area (Å²) in [6.07, 6.45) is 3.57. The first kappa shape index (κ1) is 15.3. The highest BCUT2D eigenvalue weighted by Gasteiger charge is 2.18. The summed E-state index contributed by atoms with van der Waals surface area (Å²) >= 11 is 0. The Morgan fingerprint density at radius 2 is 2.10 bits per heavy atom. The fraction of sp³-hybridized carbons (Fsp3) is 0.308. The molecule has 0 amide bonds. The summed E-state index contributed by atoms with van der Waals surface area (Å²) in [5.74, 6) is 0.861. The van der Waals surface area contributed by atoms with E-state index in [9.17, 15) is 8.42 Å². The number of aryl methyl sites for hydroxylation is 1. The molecule has 0 bridgehead atoms. The van der Waals surface area contributed by atoms with Crippen LogP contribution in [-0.2, 0) is 23.6 Å². The molecule has 2 aromatic rings.